The second-order valence-corrected chi connectivity index (χ2v) is 8.49. The van der Waals surface area contributed by atoms with E-state index in [1.165, 1.54) is 4.31 Å². The Kier molecular flexibility index (Phi) is 6.98. The zero-order valence-electron chi connectivity index (χ0n) is 15.8. The molecular weight excluding hydrogens is 364 g/mol. The number of rotatable bonds is 8. The van der Waals surface area contributed by atoms with E-state index in [2.05, 4.69) is 5.32 Å². The molecule has 2 N–H and O–H groups in total. The molecule has 0 aliphatic rings. The number of carbonyl (C=O) groups is 1. The lowest BCUT2D eigenvalue weighted by atomic mass is 10.2. The van der Waals surface area contributed by atoms with Gasteiger partial charge in [-0.05, 0) is 45.0 Å². The summed E-state index contributed by atoms with van der Waals surface area (Å²) in [6.07, 6.45) is -0.662. The summed E-state index contributed by atoms with van der Waals surface area (Å²) >= 11 is 0. The quantitative estimate of drug-likeness (QED) is 0.725. The van der Waals surface area contributed by atoms with E-state index < -0.39 is 16.1 Å². The van der Waals surface area contributed by atoms with Crippen molar-refractivity contribution in [3.63, 3.8) is 0 Å². The average Bonchev–Trinajstić information content (AvgIpc) is 2.62. The third-order valence-corrected chi connectivity index (χ3v) is 5.91. The average molecular weight is 391 g/mol. The summed E-state index contributed by atoms with van der Waals surface area (Å²) in [5.41, 5.74) is 2.49. The van der Waals surface area contributed by atoms with Crippen LogP contribution in [0.4, 0.5) is 5.69 Å². The number of nitrogens with one attached hydrogen (secondary N) is 1. The van der Waals surface area contributed by atoms with Crippen LogP contribution in [0.5, 0.6) is 0 Å². The standard InChI is InChI=1S/C20H26N2O4S/c1-15-4-8-18(9-5-15)22(13-12-20(24)21-14-17(3)23)27(25,26)19-10-6-16(2)7-11-19/h4-11,17,23H,12-14H2,1-3H3,(H,21,24). The van der Waals surface area contributed by atoms with Gasteiger partial charge in [-0.2, -0.15) is 0 Å². The SMILES string of the molecule is Cc1ccc(N(CCC(=O)NCC(C)O)S(=O)(=O)c2ccc(C)cc2)cc1. The molecule has 1 unspecified atom stereocenters. The van der Waals surface area contributed by atoms with E-state index in [4.69, 9.17) is 0 Å². The normalized spacial score (nSPS) is 12.4. The van der Waals surface area contributed by atoms with Crippen LogP contribution in [0.3, 0.4) is 0 Å². The topological polar surface area (TPSA) is 86.7 Å². The molecule has 2 rings (SSSR count). The fraction of sp³-hybridized carbons (Fsp3) is 0.350. The van der Waals surface area contributed by atoms with Gasteiger partial charge in [0.1, 0.15) is 0 Å². The first-order valence-corrected chi connectivity index (χ1v) is 10.2. The highest BCUT2D eigenvalue weighted by Gasteiger charge is 2.25. The molecule has 1 atom stereocenters. The summed E-state index contributed by atoms with van der Waals surface area (Å²) in [7, 11) is -3.81. The van der Waals surface area contributed by atoms with Gasteiger partial charge in [-0.3, -0.25) is 9.10 Å². The first-order chi connectivity index (χ1) is 12.7. The molecule has 1 amide bonds. The predicted octanol–water partition coefficient (Wildman–Crippen LogP) is 2.39. The molecule has 27 heavy (non-hydrogen) atoms. The van der Waals surface area contributed by atoms with Gasteiger partial charge in [-0.15, -0.1) is 0 Å². The smallest absolute Gasteiger partial charge is 0.264 e. The van der Waals surface area contributed by atoms with Gasteiger partial charge >= 0.3 is 0 Å². The largest absolute Gasteiger partial charge is 0.392 e. The van der Waals surface area contributed by atoms with Crippen molar-refractivity contribution in [2.24, 2.45) is 0 Å². The second kappa shape index (κ2) is 9.01. The van der Waals surface area contributed by atoms with Crippen LogP contribution in [-0.4, -0.2) is 38.6 Å². The van der Waals surface area contributed by atoms with Crippen molar-refractivity contribution in [2.45, 2.75) is 38.2 Å². The van der Waals surface area contributed by atoms with Crippen LogP contribution in [0.15, 0.2) is 53.4 Å². The van der Waals surface area contributed by atoms with Gasteiger partial charge in [0.15, 0.2) is 0 Å². The molecule has 0 fully saturated rings. The number of aliphatic hydroxyl groups excluding tert-OH is 1. The number of sulfonamides is 1. The minimum absolute atomic E-state index is 0.00487. The molecule has 2 aromatic rings. The van der Waals surface area contributed by atoms with E-state index in [9.17, 15) is 18.3 Å². The summed E-state index contributed by atoms with van der Waals surface area (Å²) in [5.74, 6) is -0.313. The number of anilines is 1. The molecule has 0 aliphatic carbocycles. The van der Waals surface area contributed by atoms with Crippen molar-refractivity contribution in [1.82, 2.24) is 5.32 Å². The first-order valence-electron chi connectivity index (χ1n) is 8.81. The number of hydrogen-bond donors (Lipinski definition) is 2. The molecule has 6 nitrogen and oxygen atoms in total. The zero-order valence-corrected chi connectivity index (χ0v) is 16.7. The van der Waals surface area contributed by atoms with Crippen molar-refractivity contribution >= 4 is 21.6 Å². The van der Waals surface area contributed by atoms with E-state index >= 15 is 0 Å². The molecular formula is C20H26N2O4S. The Morgan fingerprint density at radius 1 is 1.04 bits per heavy atom. The lowest BCUT2D eigenvalue weighted by Crippen LogP contribution is -2.37. The predicted molar refractivity (Wildman–Crippen MR) is 106 cm³/mol. The molecule has 0 bridgehead atoms. The Balaban J connectivity index is 2.28. The van der Waals surface area contributed by atoms with Crippen molar-refractivity contribution in [3.8, 4) is 0 Å². The third kappa shape index (κ3) is 5.80. The molecule has 0 spiro atoms. The third-order valence-electron chi connectivity index (χ3n) is 4.07. The van der Waals surface area contributed by atoms with Gasteiger partial charge < -0.3 is 10.4 Å². The van der Waals surface area contributed by atoms with E-state index in [0.717, 1.165) is 11.1 Å². The Bertz CT molecular complexity index is 860. The minimum Gasteiger partial charge on any atom is -0.392 e. The van der Waals surface area contributed by atoms with Crippen molar-refractivity contribution in [1.29, 1.82) is 0 Å². The maximum atomic E-state index is 13.2. The summed E-state index contributed by atoms with van der Waals surface area (Å²) < 4.78 is 27.6. The fourth-order valence-electron chi connectivity index (χ4n) is 2.49. The van der Waals surface area contributed by atoms with E-state index in [-0.39, 0.29) is 30.3 Å². The number of aryl methyl sites for hydroxylation is 2. The van der Waals surface area contributed by atoms with Crippen LogP contribution >= 0.6 is 0 Å². The number of hydrogen-bond acceptors (Lipinski definition) is 4. The second-order valence-electron chi connectivity index (χ2n) is 6.63. The van der Waals surface area contributed by atoms with Gasteiger partial charge in [0.2, 0.25) is 5.91 Å². The van der Waals surface area contributed by atoms with E-state index in [1.54, 1.807) is 43.3 Å². The summed E-state index contributed by atoms with van der Waals surface area (Å²) in [4.78, 5) is 12.2. The highest BCUT2D eigenvalue weighted by Crippen LogP contribution is 2.24. The van der Waals surface area contributed by atoms with Gasteiger partial charge in [-0.1, -0.05) is 35.4 Å². The molecule has 7 heteroatoms. The fourth-order valence-corrected chi connectivity index (χ4v) is 3.95. The Morgan fingerprint density at radius 3 is 2.07 bits per heavy atom. The number of benzene rings is 2. The number of carbonyl (C=O) groups excluding carboxylic acids is 1. The molecule has 0 aliphatic heterocycles. The molecule has 2 aromatic carbocycles. The molecule has 146 valence electrons. The Morgan fingerprint density at radius 2 is 1.56 bits per heavy atom. The maximum Gasteiger partial charge on any atom is 0.264 e. The van der Waals surface area contributed by atoms with E-state index in [0.29, 0.717) is 5.69 Å². The van der Waals surface area contributed by atoms with Gasteiger partial charge in [0, 0.05) is 19.5 Å². The lowest BCUT2D eigenvalue weighted by Gasteiger charge is -2.24. The van der Waals surface area contributed by atoms with Crippen LogP contribution in [-0.2, 0) is 14.8 Å². The van der Waals surface area contributed by atoms with Crippen molar-refractivity contribution in [3.05, 3.63) is 59.7 Å². The van der Waals surface area contributed by atoms with E-state index in [1.807, 2.05) is 26.0 Å². The van der Waals surface area contributed by atoms with Gasteiger partial charge in [0.05, 0.1) is 16.7 Å². The number of nitrogens with zero attached hydrogens (tertiary/aromatic N) is 1. The molecule has 0 saturated heterocycles. The number of amides is 1. The molecule has 0 radical (unpaired) electrons. The minimum atomic E-state index is -3.81. The van der Waals surface area contributed by atoms with Crippen LogP contribution in [0, 0.1) is 13.8 Å². The summed E-state index contributed by atoms with van der Waals surface area (Å²) in [6, 6.07) is 13.8. The van der Waals surface area contributed by atoms with Gasteiger partial charge in [-0.25, -0.2) is 8.42 Å². The Labute approximate surface area is 160 Å². The van der Waals surface area contributed by atoms with Crippen LogP contribution in [0.2, 0.25) is 0 Å². The van der Waals surface area contributed by atoms with Crippen LogP contribution in [0.25, 0.3) is 0 Å². The molecule has 0 aromatic heterocycles. The van der Waals surface area contributed by atoms with Crippen LogP contribution in [0.1, 0.15) is 24.5 Å². The van der Waals surface area contributed by atoms with Crippen molar-refractivity contribution in [2.75, 3.05) is 17.4 Å². The highest BCUT2D eigenvalue weighted by atomic mass is 32.2. The zero-order chi connectivity index (χ0) is 20.0. The molecule has 0 heterocycles. The van der Waals surface area contributed by atoms with Crippen molar-refractivity contribution < 1.29 is 18.3 Å². The van der Waals surface area contributed by atoms with Crippen LogP contribution < -0.4 is 9.62 Å². The highest BCUT2D eigenvalue weighted by molar-refractivity contribution is 7.92. The Hall–Kier alpha value is -2.38. The monoisotopic (exact) mass is 390 g/mol. The molecule has 0 saturated carbocycles. The lowest BCUT2D eigenvalue weighted by molar-refractivity contribution is -0.121. The van der Waals surface area contributed by atoms with Gasteiger partial charge in [0.25, 0.3) is 10.0 Å². The first kappa shape index (κ1) is 20.9. The maximum absolute atomic E-state index is 13.2. The summed E-state index contributed by atoms with van der Waals surface area (Å²) in [6.45, 7) is 5.52. The summed E-state index contributed by atoms with van der Waals surface area (Å²) in [5, 5.41) is 11.8. The number of aliphatic hydroxyl groups is 1.